The highest BCUT2D eigenvalue weighted by molar-refractivity contribution is 5.80. The molecule has 0 unspecified atom stereocenters. The smallest absolute Gasteiger partial charge is 0.258 e. The summed E-state index contributed by atoms with van der Waals surface area (Å²) in [5, 5.41) is 13.6. The van der Waals surface area contributed by atoms with E-state index in [4.69, 9.17) is 9.47 Å². The number of nitrogens with zero attached hydrogens (tertiary/aromatic N) is 4. The molecule has 31 heavy (non-hydrogen) atoms. The summed E-state index contributed by atoms with van der Waals surface area (Å²) in [6.07, 6.45) is 2.18. The zero-order valence-corrected chi connectivity index (χ0v) is 18.1. The number of aromatic nitrogens is 5. The van der Waals surface area contributed by atoms with Crippen LogP contribution in [0.5, 0.6) is 0 Å². The normalized spacial score (nSPS) is 21.0. The number of hydrogen-bond acceptors (Lipinski definition) is 6. The maximum absolute atomic E-state index is 13.3. The Labute approximate surface area is 180 Å². The fourth-order valence-electron chi connectivity index (χ4n) is 4.70. The molecule has 2 aromatic heterocycles. The van der Waals surface area contributed by atoms with Crippen LogP contribution in [0.25, 0.3) is 10.9 Å². The summed E-state index contributed by atoms with van der Waals surface area (Å²) in [6, 6.07) is 5.91. The average molecular weight is 426 g/mol. The summed E-state index contributed by atoms with van der Waals surface area (Å²) in [5.41, 5.74) is 3.81. The van der Waals surface area contributed by atoms with Gasteiger partial charge in [0.1, 0.15) is 13.1 Å². The van der Waals surface area contributed by atoms with Crippen LogP contribution in [0, 0.1) is 13.8 Å². The number of nitrogens with one attached hydrogen (secondary N) is 2. The molecule has 9 nitrogen and oxygen atoms in total. The quantitative estimate of drug-likeness (QED) is 0.611. The molecule has 4 heterocycles. The molecule has 0 saturated carbocycles. The Balaban J connectivity index is 1.61. The maximum Gasteiger partial charge on any atom is 0.258 e. The second-order valence-electron chi connectivity index (χ2n) is 8.64. The molecule has 2 fully saturated rings. The van der Waals surface area contributed by atoms with Crippen molar-refractivity contribution in [3.05, 3.63) is 51.1 Å². The maximum atomic E-state index is 13.3. The van der Waals surface area contributed by atoms with Gasteiger partial charge in [-0.3, -0.25) is 4.79 Å². The highest BCUT2D eigenvalue weighted by Crippen LogP contribution is 2.22. The molecule has 2 aliphatic heterocycles. The predicted octanol–water partition coefficient (Wildman–Crippen LogP) is 0.315. The molecular weight excluding hydrogens is 396 g/mol. The number of H-pyrrole nitrogens is 1. The molecule has 2 aliphatic rings. The zero-order valence-electron chi connectivity index (χ0n) is 18.1. The second kappa shape index (κ2) is 8.49. The molecule has 9 heteroatoms. The monoisotopic (exact) mass is 425 g/mol. The van der Waals surface area contributed by atoms with Crippen molar-refractivity contribution in [2.75, 3.05) is 32.9 Å². The molecule has 2 atom stereocenters. The lowest BCUT2D eigenvalue weighted by Gasteiger charge is -2.30. The van der Waals surface area contributed by atoms with Crippen LogP contribution < -0.4 is 10.5 Å². The first-order chi connectivity index (χ1) is 15.1. The molecule has 0 spiro atoms. The van der Waals surface area contributed by atoms with E-state index in [2.05, 4.69) is 40.4 Å². The van der Waals surface area contributed by atoms with Crippen LogP contribution in [-0.4, -0.2) is 64.2 Å². The van der Waals surface area contributed by atoms with Gasteiger partial charge in [0.2, 0.25) is 5.82 Å². The topological polar surface area (TPSA) is 99.4 Å². The highest BCUT2D eigenvalue weighted by Gasteiger charge is 2.35. The summed E-state index contributed by atoms with van der Waals surface area (Å²) in [7, 11) is 0. The van der Waals surface area contributed by atoms with Gasteiger partial charge in [-0.05, 0) is 71.8 Å². The minimum atomic E-state index is -0.268. The van der Waals surface area contributed by atoms with Crippen molar-refractivity contribution in [2.45, 2.75) is 45.4 Å². The molecule has 2 saturated heterocycles. The number of pyridine rings is 1. The summed E-state index contributed by atoms with van der Waals surface area (Å²) < 4.78 is 13.2. The lowest BCUT2D eigenvalue weighted by atomic mass is 10.0. The number of fused-ring (bicyclic) bond motifs is 1. The third kappa shape index (κ3) is 4.00. The Morgan fingerprint density at radius 2 is 2.00 bits per heavy atom. The van der Waals surface area contributed by atoms with E-state index < -0.39 is 0 Å². The predicted molar refractivity (Wildman–Crippen MR) is 114 cm³/mol. The van der Waals surface area contributed by atoms with Gasteiger partial charge in [0, 0.05) is 12.1 Å². The van der Waals surface area contributed by atoms with Crippen molar-refractivity contribution in [2.24, 2.45) is 0 Å². The summed E-state index contributed by atoms with van der Waals surface area (Å²) in [5.74, 6) is 0.709. The first kappa shape index (κ1) is 20.3. The van der Waals surface area contributed by atoms with Crippen LogP contribution in [-0.2, 0) is 16.0 Å². The van der Waals surface area contributed by atoms with Crippen molar-refractivity contribution in [1.29, 1.82) is 0 Å². The molecule has 3 aromatic rings. The number of ether oxygens (including phenoxy) is 2. The summed E-state index contributed by atoms with van der Waals surface area (Å²) >= 11 is 0. The molecule has 2 N–H and O–H groups in total. The van der Waals surface area contributed by atoms with Crippen molar-refractivity contribution in [1.82, 2.24) is 25.2 Å². The Bertz CT molecular complexity index is 1130. The fraction of sp³-hybridized carbons (Fsp3) is 0.545. The first-order valence-corrected chi connectivity index (χ1v) is 11.0. The highest BCUT2D eigenvalue weighted by atomic mass is 16.5. The van der Waals surface area contributed by atoms with E-state index >= 15 is 0 Å². The Morgan fingerprint density at radius 3 is 2.77 bits per heavy atom. The van der Waals surface area contributed by atoms with Crippen LogP contribution in [0.1, 0.15) is 41.4 Å². The van der Waals surface area contributed by atoms with Crippen molar-refractivity contribution < 1.29 is 14.4 Å². The summed E-state index contributed by atoms with van der Waals surface area (Å²) in [6.45, 7) is 8.43. The van der Waals surface area contributed by atoms with Crippen molar-refractivity contribution in [3.63, 3.8) is 0 Å². The lowest BCUT2D eigenvalue weighted by Crippen LogP contribution is -3.14. The van der Waals surface area contributed by atoms with Gasteiger partial charge >= 0.3 is 0 Å². The van der Waals surface area contributed by atoms with E-state index in [0.717, 1.165) is 49.0 Å². The van der Waals surface area contributed by atoms with Gasteiger partial charge in [0.25, 0.3) is 5.56 Å². The Morgan fingerprint density at radius 1 is 1.19 bits per heavy atom. The number of hydrogen-bond donors (Lipinski definition) is 2. The number of rotatable bonds is 5. The number of benzene rings is 1. The molecule has 5 rings (SSSR count). The third-order valence-electron chi connectivity index (χ3n) is 6.56. The molecule has 0 aliphatic carbocycles. The van der Waals surface area contributed by atoms with Crippen LogP contribution in [0.3, 0.4) is 0 Å². The van der Waals surface area contributed by atoms with Crippen LogP contribution in [0.2, 0.25) is 0 Å². The molecular formula is C22H29N6O3+. The minimum absolute atomic E-state index is 0.0913. The van der Waals surface area contributed by atoms with E-state index in [1.54, 1.807) is 0 Å². The number of morpholine rings is 1. The Hall–Kier alpha value is -2.62. The van der Waals surface area contributed by atoms with Gasteiger partial charge < -0.3 is 19.4 Å². The molecule has 0 amide bonds. The van der Waals surface area contributed by atoms with Crippen LogP contribution in [0.15, 0.2) is 23.0 Å². The average Bonchev–Trinajstić information content (AvgIpc) is 3.44. The molecule has 0 radical (unpaired) electrons. The zero-order chi connectivity index (χ0) is 21.4. The van der Waals surface area contributed by atoms with Gasteiger partial charge in [0.15, 0.2) is 6.04 Å². The van der Waals surface area contributed by atoms with Gasteiger partial charge in [-0.1, -0.05) is 0 Å². The van der Waals surface area contributed by atoms with Gasteiger partial charge in [-0.15, -0.1) is 5.10 Å². The largest absolute Gasteiger partial charge is 0.376 e. The van der Waals surface area contributed by atoms with Gasteiger partial charge in [-0.25, -0.2) is 4.68 Å². The van der Waals surface area contributed by atoms with E-state index in [0.29, 0.717) is 31.1 Å². The standard InChI is InChI=1S/C22H28N6O3/c1-14-10-16-12-18(22(29)23-19(16)11-15(14)2)20(27-5-8-30-9-6-27)21-24-25-26-28(21)13-17-4-3-7-31-17/h10-12,17,20H,3-9,13H2,1-2H3,(H,23,29)/p+1/t17-,20-/m0/s1. The van der Waals surface area contributed by atoms with Crippen LogP contribution >= 0.6 is 0 Å². The van der Waals surface area contributed by atoms with Gasteiger partial charge in [-0.2, -0.15) is 0 Å². The Kier molecular flexibility index (Phi) is 5.56. The van der Waals surface area contributed by atoms with E-state index in [-0.39, 0.29) is 17.7 Å². The molecule has 1 aromatic carbocycles. The SMILES string of the molecule is Cc1cc2cc([C@@H](c3nnnn3C[C@@H]3CCCO3)[NH+]3CCOCC3)c(=O)[nH]c2cc1C. The minimum Gasteiger partial charge on any atom is -0.376 e. The molecule has 164 valence electrons. The number of tetrazole rings is 1. The van der Waals surface area contributed by atoms with E-state index in [9.17, 15) is 4.79 Å². The van der Waals surface area contributed by atoms with Crippen molar-refractivity contribution >= 4 is 10.9 Å². The van der Waals surface area contributed by atoms with E-state index in [1.165, 1.54) is 10.5 Å². The number of quaternary nitrogens is 1. The summed E-state index contributed by atoms with van der Waals surface area (Å²) in [4.78, 5) is 17.6. The first-order valence-electron chi connectivity index (χ1n) is 11.0. The number of aryl methyl sites for hydroxylation is 2. The van der Waals surface area contributed by atoms with Crippen LogP contribution in [0.4, 0.5) is 0 Å². The molecule has 0 bridgehead atoms. The van der Waals surface area contributed by atoms with Gasteiger partial charge in [0.05, 0.1) is 31.4 Å². The van der Waals surface area contributed by atoms with Crippen molar-refractivity contribution in [3.8, 4) is 0 Å². The third-order valence-corrected chi connectivity index (χ3v) is 6.56. The second-order valence-corrected chi connectivity index (χ2v) is 8.64. The fourth-order valence-corrected chi connectivity index (χ4v) is 4.70. The lowest BCUT2D eigenvalue weighted by molar-refractivity contribution is -0.933. The van der Waals surface area contributed by atoms with E-state index in [1.807, 2.05) is 16.8 Å². The number of aromatic amines is 1.